The summed E-state index contributed by atoms with van der Waals surface area (Å²) in [6.45, 7) is 5.75. The number of hydrogen-bond acceptors (Lipinski definition) is 4. The fourth-order valence-electron chi connectivity index (χ4n) is 1.88. The molecule has 0 fully saturated rings. The van der Waals surface area contributed by atoms with Gasteiger partial charge in [0.2, 0.25) is 0 Å². The van der Waals surface area contributed by atoms with E-state index >= 15 is 0 Å². The summed E-state index contributed by atoms with van der Waals surface area (Å²) < 4.78 is 9.49. The Morgan fingerprint density at radius 2 is 1.42 bits per heavy atom. The van der Waals surface area contributed by atoms with Crippen LogP contribution in [0.1, 0.15) is 32.8 Å². The minimum Gasteiger partial charge on any atom is -0.468 e. The third-order valence-corrected chi connectivity index (χ3v) is 2.86. The molecule has 0 N–H and O–H groups in total. The van der Waals surface area contributed by atoms with Crippen molar-refractivity contribution in [2.45, 2.75) is 32.6 Å². The molecule has 1 aromatic carbocycles. The molecule has 4 nitrogen and oxygen atoms in total. The second-order valence-electron chi connectivity index (χ2n) is 3.61. The van der Waals surface area contributed by atoms with Crippen molar-refractivity contribution in [1.82, 2.24) is 0 Å². The van der Waals surface area contributed by atoms with Crippen molar-refractivity contribution < 1.29 is 19.1 Å². The van der Waals surface area contributed by atoms with Crippen LogP contribution in [0.25, 0.3) is 0 Å². The maximum Gasteiger partial charge on any atom is 0.327 e. The number of esters is 2. The van der Waals surface area contributed by atoms with E-state index in [2.05, 4.69) is 0 Å². The minimum atomic E-state index is -1.37. The van der Waals surface area contributed by atoms with E-state index in [-0.39, 0.29) is 6.42 Å². The molecule has 0 unspecified atom stereocenters. The van der Waals surface area contributed by atoms with Gasteiger partial charge in [-0.05, 0) is 12.0 Å². The van der Waals surface area contributed by atoms with E-state index < -0.39 is 17.4 Å². The molecule has 1 rings (SSSR count). The van der Waals surface area contributed by atoms with Crippen molar-refractivity contribution in [2.75, 3.05) is 14.2 Å². The van der Waals surface area contributed by atoms with Gasteiger partial charge >= 0.3 is 11.9 Å². The van der Waals surface area contributed by atoms with Crippen LogP contribution in [-0.4, -0.2) is 26.2 Å². The van der Waals surface area contributed by atoms with Crippen molar-refractivity contribution in [3.05, 3.63) is 35.9 Å². The molecule has 1 aromatic rings. The number of rotatable bonds is 4. The summed E-state index contributed by atoms with van der Waals surface area (Å²) in [5.41, 5.74) is -0.786. The molecule has 0 aliphatic rings. The summed E-state index contributed by atoms with van der Waals surface area (Å²) in [5.74, 6) is -1.20. The van der Waals surface area contributed by atoms with Crippen LogP contribution in [0.5, 0.6) is 0 Å². The van der Waals surface area contributed by atoms with Crippen molar-refractivity contribution >= 4 is 11.9 Å². The lowest BCUT2D eigenvalue weighted by atomic mass is 9.78. The average Bonchev–Trinajstić information content (AvgIpc) is 2.51. The van der Waals surface area contributed by atoms with Gasteiger partial charge in [0.05, 0.1) is 14.2 Å². The first-order valence-corrected chi connectivity index (χ1v) is 6.35. The SMILES string of the molecule is CC.CCC(C(=O)OC)(C(=O)OC)c1ccccc1. The van der Waals surface area contributed by atoms with Crippen LogP contribution in [0.3, 0.4) is 0 Å². The van der Waals surface area contributed by atoms with E-state index in [1.807, 2.05) is 19.9 Å². The zero-order valence-corrected chi connectivity index (χ0v) is 12.2. The van der Waals surface area contributed by atoms with Crippen molar-refractivity contribution in [1.29, 1.82) is 0 Å². The van der Waals surface area contributed by atoms with Gasteiger partial charge in [0, 0.05) is 0 Å². The highest BCUT2D eigenvalue weighted by atomic mass is 16.5. The molecule has 0 heterocycles. The Labute approximate surface area is 114 Å². The fraction of sp³-hybridized carbons (Fsp3) is 0.467. The second-order valence-corrected chi connectivity index (χ2v) is 3.61. The molecule has 4 heteroatoms. The van der Waals surface area contributed by atoms with Crippen LogP contribution in [0.2, 0.25) is 0 Å². The molecular weight excluding hydrogens is 244 g/mol. The highest BCUT2D eigenvalue weighted by Crippen LogP contribution is 2.30. The zero-order chi connectivity index (χ0) is 14.9. The van der Waals surface area contributed by atoms with Crippen molar-refractivity contribution in [3.8, 4) is 0 Å². The lowest BCUT2D eigenvalue weighted by Crippen LogP contribution is -2.45. The number of hydrogen-bond donors (Lipinski definition) is 0. The van der Waals surface area contributed by atoms with E-state index in [0.717, 1.165) is 0 Å². The molecule has 0 spiro atoms. The third-order valence-electron chi connectivity index (χ3n) is 2.86. The van der Waals surface area contributed by atoms with Crippen LogP contribution in [0, 0.1) is 0 Å². The van der Waals surface area contributed by atoms with E-state index in [1.54, 1.807) is 31.2 Å². The third kappa shape index (κ3) is 3.34. The normalized spacial score (nSPS) is 9.95. The molecule has 0 radical (unpaired) electrons. The first kappa shape index (κ1) is 17.2. The molecule has 0 aromatic heterocycles. The molecule has 106 valence electrons. The van der Waals surface area contributed by atoms with Gasteiger partial charge < -0.3 is 9.47 Å². The van der Waals surface area contributed by atoms with E-state index in [1.165, 1.54) is 14.2 Å². The standard InChI is InChI=1S/C13H16O4.C2H6/c1-4-13(11(14)16-2,12(15)17-3)10-8-6-5-7-9-10;1-2/h5-9H,4H2,1-3H3;1-2H3. The predicted octanol–water partition coefficient (Wildman–Crippen LogP) is 2.71. The van der Waals surface area contributed by atoms with Crippen LogP contribution < -0.4 is 0 Å². The summed E-state index contributed by atoms with van der Waals surface area (Å²) in [6.07, 6.45) is 0.288. The number of benzene rings is 1. The van der Waals surface area contributed by atoms with Gasteiger partial charge in [-0.1, -0.05) is 51.1 Å². The molecule has 0 saturated carbocycles. The monoisotopic (exact) mass is 266 g/mol. The smallest absolute Gasteiger partial charge is 0.327 e. The minimum absolute atomic E-state index is 0.288. The summed E-state index contributed by atoms with van der Waals surface area (Å²) in [7, 11) is 2.53. The largest absolute Gasteiger partial charge is 0.468 e. The number of methoxy groups -OCH3 is 2. The lowest BCUT2D eigenvalue weighted by molar-refractivity contribution is -0.162. The number of ether oxygens (including phenoxy) is 2. The van der Waals surface area contributed by atoms with Gasteiger partial charge in [0.15, 0.2) is 5.41 Å². The molecule has 0 aliphatic carbocycles. The molecule has 0 saturated heterocycles. The topological polar surface area (TPSA) is 52.6 Å². The average molecular weight is 266 g/mol. The molecule has 19 heavy (non-hydrogen) atoms. The summed E-state index contributed by atoms with van der Waals surface area (Å²) in [4.78, 5) is 23.9. The fourth-order valence-corrected chi connectivity index (χ4v) is 1.88. The van der Waals surface area contributed by atoms with Gasteiger partial charge in [-0.15, -0.1) is 0 Å². The van der Waals surface area contributed by atoms with Crippen LogP contribution in [0.15, 0.2) is 30.3 Å². The van der Waals surface area contributed by atoms with Crippen LogP contribution in [-0.2, 0) is 24.5 Å². The van der Waals surface area contributed by atoms with Crippen LogP contribution >= 0.6 is 0 Å². The van der Waals surface area contributed by atoms with E-state index in [4.69, 9.17) is 9.47 Å². The highest BCUT2D eigenvalue weighted by Gasteiger charge is 2.48. The Hall–Kier alpha value is -1.84. The van der Waals surface area contributed by atoms with Crippen molar-refractivity contribution in [3.63, 3.8) is 0 Å². The van der Waals surface area contributed by atoms with Gasteiger partial charge in [-0.3, -0.25) is 9.59 Å². The van der Waals surface area contributed by atoms with Crippen molar-refractivity contribution in [2.24, 2.45) is 0 Å². The molecule has 0 amide bonds. The zero-order valence-electron chi connectivity index (χ0n) is 12.2. The number of carbonyl (C=O) groups excluding carboxylic acids is 2. The van der Waals surface area contributed by atoms with Gasteiger partial charge in [-0.2, -0.15) is 0 Å². The molecule has 0 aliphatic heterocycles. The molecule has 0 bridgehead atoms. The Kier molecular flexibility index (Phi) is 7.49. The summed E-state index contributed by atoms with van der Waals surface area (Å²) in [5, 5.41) is 0. The molecule has 0 atom stereocenters. The Bertz CT molecular complexity index is 382. The summed E-state index contributed by atoms with van der Waals surface area (Å²) in [6, 6.07) is 8.80. The van der Waals surface area contributed by atoms with Gasteiger partial charge in [0.25, 0.3) is 0 Å². The molecular formula is C15H22O4. The maximum absolute atomic E-state index is 11.9. The number of carbonyl (C=O) groups is 2. The van der Waals surface area contributed by atoms with Gasteiger partial charge in [-0.25, -0.2) is 0 Å². The summed E-state index contributed by atoms with van der Waals surface area (Å²) >= 11 is 0. The Morgan fingerprint density at radius 3 is 1.74 bits per heavy atom. The first-order chi connectivity index (χ1) is 9.13. The van der Waals surface area contributed by atoms with E-state index in [9.17, 15) is 9.59 Å². The maximum atomic E-state index is 11.9. The first-order valence-electron chi connectivity index (χ1n) is 6.35. The Morgan fingerprint density at radius 1 is 1.00 bits per heavy atom. The van der Waals surface area contributed by atoms with Gasteiger partial charge in [0.1, 0.15) is 0 Å². The highest BCUT2D eigenvalue weighted by molar-refractivity contribution is 6.06. The predicted molar refractivity (Wildman–Crippen MR) is 73.8 cm³/mol. The Balaban J connectivity index is 0.00000154. The van der Waals surface area contributed by atoms with E-state index in [0.29, 0.717) is 5.56 Å². The quantitative estimate of drug-likeness (QED) is 0.621. The lowest BCUT2D eigenvalue weighted by Gasteiger charge is -2.27. The van der Waals surface area contributed by atoms with Crippen LogP contribution in [0.4, 0.5) is 0 Å². The second kappa shape index (κ2) is 8.29.